The van der Waals surface area contributed by atoms with Gasteiger partial charge in [-0.1, -0.05) is 43.5 Å². The summed E-state index contributed by atoms with van der Waals surface area (Å²) in [6.07, 6.45) is 5.12. The van der Waals surface area contributed by atoms with Crippen LogP contribution >= 0.6 is 0 Å². The molecule has 1 fully saturated rings. The van der Waals surface area contributed by atoms with Gasteiger partial charge in [-0.05, 0) is 48.2 Å². The fraction of sp³-hybridized carbons (Fsp3) is 0.435. The van der Waals surface area contributed by atoms with Crippen LogP contribution in [0.25, 0.3) is 0 Å². The molecule has 1 aliphatic carbocycles. The van der Waals surface area contributed by atoms with Gasteiger partial charge in [0.1, 0.15) is 0 Å². The molecule has 0 aromatic heterocycles. The van der Waals surface area contributed by atoms with Gasteiger partial charge in [0.25, 0.3) is 5.91 Å². The Morgan fingerprint density at radius 2 is 1.73 bits per heavy atom. The number of methoxy groups -OCH3 is 1. The van der Waals surface area contributed by atoms with Crippen molar-refractivity contribution in [2.45, 2.75) is 56.2 Å². The van der Waals surface area contributed by atoms with Crippen LogP contribution in [0, 0.1) is 0 Å². The molecule has 0 heterocycles. The number of amides is 1. The minimum Gasteiger partial charge on any atom is -0.380 e. The first-order valence-corrected chi connectivity index (χ1v) is 11.8. The lowest BCUT2D eigenvalue weighted by atomic mass is 9.96. The van der Waals surface area contributed by atoms with Gasteiger partial charge in [-0.15, -0.1) is 0 Å². The minimum absolute atomic E-state index is 0.0561. The molecule has 6 nitrogen and oxygen atoms in total. The Kier molecular flexibility index (Phi) is 7.64. The van der Waals surface area contributed by atoms with E-state index in [1.165, 1.54) is 22.9 Å². The number of benzene rings is 2. The van der Waals surface area contributed by atoms with Gasteiger partial charge in [0, 0.05) is 32.3 Å². The normalized spacial score (nSPS) is 15.3. The standard InChI is InChI=1S/C23H30N2O4S/c1-25(21-9-4-3-5-10-21)30(27,28)22-13-11-20(12-14-22)23(26)24-16-18-7-6-8-19(15-18)17-29-2/h6-8,11-15,21H,3-5,9-10,16-17H2,1-2H3,(H,24,26). The zero-order valence-corrected chi connectivity index (χ0v) is 18.5. The molecular formula is C23H30N2O4S. The molecule has 1 saturated carbocycles. The van der Waals surface area contributed by atoms with Crippen LogP contribution in [0.5, 0.6) is 0 Å². The van der Waals surface area contributed by atoms with E-state index in [1.807, 2.05) is 24.3 Å². The molecule has 3 rings (SSSR count). The summed E-state index contributed by atoms with van der Waals surface area (Å²) in [4.78, 5) is 12.7. The Morgan fingerprint density at radius 3 is 2.40 bits per heavy atom. The third kappa shape index (κ3) is 5.47. The molecule has 2 aromatic rings. The highest BCUT2D eigenvalue weighted by molar-refractivity contribution is 7.89. The first-order valence-electron chi connectivity index (χ1n) is 10.3. The predicted molar refractivity (Wildman–Crippen MR) is 117 cm³/mol. The molecule has 1 N–H and O–H groups in total. The lowest BCUT2D eigenvalue weighted by Crippen LogP contribution is -2.38. The van der Waals surface area contributed by atoms with Crippen molar-refractivity contribution >= 4 is 15.9 Å². The summed E-state index contributed by atoms with van der Waals surface area (Å²) < 4.78 is 32.5. The van der Waals surface area contributed by atoms with Crippen LogP contribution in [0.15, 0.2) is 53.4 Å². The third-order valence-electron chi connectivity index (χ3n) is 5.64. The molecule has 0 bridgehead atoms. The van der Waals surface area contributed by atoms with E-state index in [1.54, 1.807) is 26.3 Å². The Hall–Kier alpha value is -2.22. The van der Waals surface area contributed by atoms with Crippen LogP contribution in [0.4, 0.5) is 0 Å². The average Bonchev–Trinajstić information content (AvgIpc) is 2.78. The summed E-state index contributed by atoms with van der Waals surface area (Å²) in [5.41, 5.74) is 2.45. The molecule has 0 atom stereocenters. The summed E-state index contributed by atoms with van der Waals surface area (Å²) in [6, 6.07) is 14.1. The third-order valence-corrected chi connectivity index (χ3v) is 7.56. The average molecular weight is 431 g/mol. The highest BCUT2D eigenvalue weighted by atomic mass is 32.2. The minimum atomic E-state index is -3.56. The summed E-state index contributed by atoms with van der Waals surface area (Å²) in [7, 11) is -0.256. The van der Waals surface area contributed by atoms with E-state index in [0.717, 1.165) is 36.8 Å². The summed E-state index contributed by atoms with van der Waals surface area (Å²) in [6.45, 7) is 0.911. The Bertz CT molecular complexity index is 951. The molecule has 0 saturated heterocycles. The van der Waals surface area contributed by atoms with Crippen molar-refractivity contribution in [3.8, 4) is 0 Å². The summed E-state index contributed by atoms with van der Waals surface area (Å²) in [5.74, 6) is -0.239. The van der Waals surface area contributed by atoms with Gasteiger partial charge in [0.2, 0.25) is 10.0 Å². The van der Waals surface area contributed by atoms with Crippen LogP contribution in [-0.2, 0) is 27.9 Å². The van der Waals surface area contributed by atoms with Crippen molar-refractivity contribution in [2.24, 2.45) is 0 Å². The number of hydrogen-bond acceptors (Lipinski definition) is 4. The van der Waals surface area contributed by atoms with Crippen molar-refractivity contribution in [3.63, 3.8) is 0 Å². The Morgan fingerprint density at radius 1 is 1.07 bits per heavy atom. The van der Waals surface area contributed by atoms with Crippen molar-refractivity contribution in [2.75, 3.05) is 14.2 Å². The van der Waals surface area contributed by atoms with Crippen LogP contribution in [0.1, 0.15) is 53.6 Å². The maximum atomic E-state index is 12.9. The highest BCUT2D eigenvalue weighted by Crippen LogP contribution is 2.26. The SMILES string of the molecule is COCc1cccc(CNC(=O)c2ccc(S(=O)(=O)N(C)C3CCCCC3)cc2)c1. The van der Waals surface area contributed by atoms with Crippen molar-refractivity contribution in [1.29, 1.82) is 0 Å². The molecule has 30 heavy (non-hydrogen) atoms. The zero-order chi connectivity index (χ0) is 21.6. The van der Waals surface area contributed by atoms with E-state index >= 15 is 0 Å². The second-order valence-electron chi connectivity index (χ2n) is 7.77. The van der Waals surface area contributed by atoms with Gasteiger partial charge in [-0.2, -0.15) is 4.31 Å². The summed E-state index contributed by atoms with van der Waals surface area (Å²) >= 11 is 0. The van der Waals surface area contributed by atoms with E-state index < -0.39 is 10.0 Å². The molecule has 0 aliphatic heterocycles. The molecule has 0 radical (unpaired) electrons. The van der Waals surface area contributed by atoms with Crippen molar-refractivity contribution in [1.82, 2.24) is 9.62 Å². The number of sulfonamides is 1. The van der Waals surface area contributed by atoms with Gasteiger partial charge in [-0.25, -0.2) is 8.42 Å². The topological polar surface area (TPSA) is 75.7 Å². The van der Waals surface area contributed by atoms with E-state index in [4.69, 9.17) is 4.74 Å². The van der Waals surface area contributed by atoms with E-state index in [9.17, 15) is 13.2 Å². The summed E-state index contributed by atoms with van der Waals surface area (Å²) in [5, 5.41) is 2.88. The van der Waals surface area contributed by atoms with Gasteiger partial charge in [0.15, 0.2) is 0 Å². The van der Waals surface area contributed by atoms with Gasteiger partial charge in [-0.3, -0.25) is 4.79 Å². The molecule has 1 aliphatic rings. The maximum Gasteiger partial charge on any atom is 0.251 e. The number of hydrogen-bond donors (Lipinski definition) is 1. The number of carbonyl (C=O) groups excluding carboxylic acids is 1. The molecule has 0 unspecified atom stereocenters. The lowest BCUT2D eigenvalue weighted by molar-refractivity contribution is 0.0950. The van der Waals surface area contributed by atoms with Crippen LogP contribution in [0.2, 0.25) is 0 Å². The predicted octanol–water partition coefficient (Wildman–Crippen LogP) is 3.72. The fourth-order valence-electron chi connectivity index (χ4n) is 3.87. The molecule has 1 amide bonds. The first-order chi connectivity index (χ1) is 14.4. The van der Waals surface area contributed by atoms with Crippen LogP contribution in [0.3, 0.4) is 0 Å². The largest absolute Gasteiger partial charge is 0.380 e. The van der Waals surface area contributed by atoms with Crippen molar-refractivity contribution < 1.29 is 17.9 Å². The Labute approximate surface area is 179 Å². The number of nitrogens with one attached hydrogen (secondary N) is 1. The van der Waals surface area contributed by atoms with Crippen LogP contribution < -0.4 is 5.32 Å². The van der Waals surface area contributed by atoms with E-state index in [2.05, 4.69) is 5.32 Å². The monoisotopic (exact) mass is 430 g/mol. The quantitative estimate of drug-likeness (QED) is 0.693. The molecule has 162 valence electrons. The van der Waals surface area contributed by atoms with Gasteiger partial charge in [0.05, 0.1) is 11.5 Å². The van der Waals surface area contributed by atoms with E-state index in [-0.39, 0.29) is 16.8 Å². The highest BCUT2D eigenvalue weighted by Gasteiger charge is 2.29. The Balaban J connectivity index is 1.63. The second kappa shape index (κ2) is 10.2. The number of carbonyl (C=O) groups is 1. The van der Waals surface area contributed by atoms with Gasteiger partial charge >= 0.3 is 0 Å². The number of rotatable bonds is 8. The maximum absolute atomic E-state index is 12.9. The first kappa shape index (κ1) is 22.5. The lowest BCUT2D eigenvalue weighted by Gasteiger charge is -2.30. The molecular weight excluding hydrogens is 400 g/mol. The molecule has 0 spiro atoms. The molecule has 2 aromatic carbocycles. The van der Waals surface area contributed by atoms with Crippen molar-refractivity contribution in [3.05, 3.63) is 65.2 Å². The number of ether oxygens (including phenoxy) is 1. The van der Waals surface area contributed by atoms with Gasteiger partial charge < -0.3 is 10.1 Å². The fourth-order valence-corrected chi connectivity index (χ4v) is 5.28. The smallest absolute Gasteiger partial charge is 0.251 e. The second-order valence-corrected chi connectivity index (χ2v) is 9.77. The molecule has 7 heteroatoms. The van der Waals surface area contributed by atoms with Crippen LogP contribution in [-0.4, -0.2) is 38.8 Å². The van der Waals surface area contributed by atoms with E-state index in [0.29, 0.717) is 18.7 Å². The number of nitrogens with zero attached hydrogens (tertiary/aromatic N) is 1. The zero-order valence-electron chi connectivity index (χ0n) is 17.6.